The molecule has 1 amide bonds. The van der Waals surface area contributed by atoms with E-state index in [2.05, 4.69) is 57.3 Å². The van der Waals surface area contributed by atoms with Crippen LogP contribution in [0.1, 0.15) is 88.8 Å². The van der Waals surface area contributed by atoms with Gasteiger partial charge in [-0.1, -0.05) is 20.8 Å². The van der Waals surface area contributed by atoms with Crippen molar-refractivity contribution in [1.82, 2.24) is 26.6 Å². The molecule has 0 aromatic heterocycles. The Hall–Kier alpha value is -4.03. The van der Waals surface area contributed by atoms with Crippen molar-refractivity contribution in [2.45, 2.75) is 99.9 Å². The fourth-order valence-electron chi connectivity index (χ4n) is 4.97. The predicted molar refractivity (Wildman–Crippen MR) is 160 cm³/mol. The number of hydrogen-bond donors (Lipinski definition) is 7. The predicted octanol–water partition coefficient (Wildman–Crippen LogP) is -3.83. The zero-order valence-electron chi connectivity index (χ0n) is 27.0. The van der Waals surface area contributed by atoms with Crippen LogP contribution < -0.4 is 46.8 Å². The first-order chi connectivity index (χ1) is 20.2. The van der Waals surface area contributed by atoms with E-state index < -0.39 is 17.5 Å². The summed E-state index contributed by atoms with van der Waals surface area (Å²) >= 11 is 0. The van der Waals surface area contributed by atoms with Crippen LogP contribution in [-0.4, -0.2) is 61.7 Å². The van der Waals surface area contributed by atoms with Crippen LogP contribution in [0, 0.1) is 0 Å². The maximum Gasteiger partial charge on any atom is 0.407 e. The molecule has 2 aliphatic rings. The lowest BCUT2D eigenvalue weighted by molar-refractivity contribution is -0.447. The molecule has 13 heteroatoms. The van der Waals surface area contributed by atoms with E-state index in [1.807, 2.05) is 20.8 Å². The molecule has 0 radical (unpaired) electrons. The Balaban J connectivity index is 0.00000103. The van der Waals surface area contributed by atoms with Crippen LogP contribution in [-0.2, 0) is 53.2 Å². The number of benzene rings is 1. The zero-order valence-corrected chi connectivity index (χ0v) is 27.0. The van der Waals surface area contributed by atoms with E-state index in [0.29, 0.717) is 6.54 Å². The summed E-state index contributed by atoms with van der Waals surface area (Å²) in [6.07, 6.45) is 2.35. The Bertz CT molecular complexity index is 1080. The molecule has 0 aliphatic carbocycles. The topological polar surface area (TPSA) is 195 Å². The normalized spacial score (nSPS) is 13.5. The SMILES string of the molecule is CC(=O)[O-].CC(=O)[O-].CCc1c(CNC(=O)OC(C)(C)C)c(CC)c(CNC2=[NH+]CCN2)c(CC)c1CNC1=[NH+]CCN1. The molecular formula is C30H51N7O6. The van der Waals surface area contributed by atoms with Crippen molar-refractivity contribution < 1.29 is 39.3 Å². The standard InChI is InChI=1S/C26H43N7O2.2C2H4O2/c1-7-17-20(14-31-23-27-10-11-28-23)18(8-2)22(16-33-25(34)35-26(4,5)6)19(9-3)21(17)15-32-24-29-12-13-30-24;2*1-2(3)4/h7-16H2,1-6H3,(H,33,34)(H2,27,28,31)(H2,29,30,32);2*1H3,(H,3,4). The van der Waals surface area contributed by atoms with Crippen molar-refractivity contribution in [3.8, 4) is 0 Å². The van der Waals surface area contributed by atoms with Gasteiger partial charge in [-0.25, -0.2) is 4.79 Å². The number of carboxylic acids is 2. The fraction of sp³-hybridized carbons (Fsp3) is 0.633. The first-order valence-electron chi connectivity index (χ1n) is 14.9. The number of carbonyl (C=O) groups excluding carboxylic acids is 3. The Kier molecular flexibility index (Phi) is 15.9. The largest absolute Gasteiger partial charge is 0.550 e. The highest BCUT2D eigenvalue weighted by atomic mass is 16.6. The van der Waals surface area contributed by atoms with Gasteiger partial charge in [-0.05, 0) is 87.3 Å². The van der Waals surface area contributed by atoms with Gasteiger partial charge in [0.2, 0.25) is 0 Å². The van der Waals surface area contributed by atoms with Crippen LogP contribution in [0.4, 0.5) is 4.79 Å². The lowest BCUT2D eigenvalue weighted by atomic mass is 9.83. The molecule has 1 aromatic rings. The van der Waals surface area contributed by atoms with E-state index in [0.717, 1.165) is 84.3 Å². The summed E-state index contributed by atoms with van der Waals surface area (Å²) in [5.74, 6) is -0.201. The van der Waals surface area contributed by atoms with Crippen molar-refractivity contribution in [3.05, 3.63) is 33.4 Å². The quantitative estimate of drug-likeness (QED) is 0.147. The number of carbonyl (C=O) groups is 3. The van der Waals surface area contributed by atoms with Gasteiger partial charge in [0.15, 0.2) is 0 Å². The molecule has 0 atom stereocenters. The molecule has 13 nitrogen and oxygen atoms in total. The number of amides is 1. The van der Waals surface area contributed by atoms with E-state index in [9.17, 15) is 4.79 Å². The van der Waals surface area contributed by atoms with E-state index in [1.54, 1.807) is 0 Å². The third-order valence-electron chi connectivity index (χ3n) is 6.40. The van der Waals surface area contributed by atoms with Crippen molar-refractivity contribution in [1.29, 1.82) is 0 Å². The molecule has 0 spiro atoms. The number of carboxylic acid groups (broad SMARTS) is 2. The maximum atomic E-state index is 12.5. The average molecular weight is 606 g/mol. The minimum atomic E-state index is -1.08. The van der Waals surface area contributed by atoms with Crippen LogP contribution in [0.2, 0.25) is 0 Å². The van der Waals surface area contributed by atoms with Gasteiger partial charge in [-0.15, -0.1) is 0 Å². The molecule has 1 aromatic carbocycles. The second kappa shape index (κ2) is 18.5. The Morgan fingerprint density at radius 1 is 0.721 bits per heavy atom. The summed E-state index contributed by atoms with van der Waals surface area (Å²) in [7, 11) is 0. The van der Waals surface area contributed by atoms with Crippen LogP contribution in [0.3, 0.4) is 0 Å². The average Bonchev–Trinajstić information content (AvgIpc) is 3.61. The number of alkyl carbamates (subject to hydrolysis) is 1. The highest BCUT2D eigenvalue weighted by Gasteiger charge is 2.25. The third-order valence-corrected chi connectivity index (χ3v) is 6.40. The van der Waals surface area contributed by atoms with Gasteiger partial charge in [0, 0.05) is 18.5 Å². The van der Waals surface area contributed by atoms with E-state index in [1.165, 1.54) is 33.4 Å². The number of guanidine groups is 2. The second-order valence-electron chi connectivity index (χ2n) is 10.9. The Morgan fingerprint density at radius 2 is 1.07 bits per heavy atom. The highest BCUT2D eigenvalue weighted by molar-refractivity contribution is 5.75. The number of ether oxygens (including phenoxy) is 1. The van der Waals surface area contributed by atoms with Crippen LogP contribution in [0.25, 0.3) is 0 Å². The number of aliphatic carboxylic acids is 2. The Labute approximate surface area is 255 Å². The molecule has 3 rings (SSSR count). The Morgan fingerprint density at radius 3 is 1.35 bits per heavy atom. The smallest absolute Gasteiger partial charge is 0.407 e. The lowest BCUT2D eigenvalue weighted by Crippen LogP contribution is -2.73. The molecule has 7 N–H and O–H groups in total. The van der Waals surface area contributed by atoms with Crippen molar-refractivity contribution in [2.75, 3.05) is 26.2 Å². The van der Waals surface area contributed by atoms with Gasteiger partial charge >= 0.3 is 18.0 Å². The molecule has 2 aliphatic heterocycles. The van der Waals surface area contributed by atoms with Gasteiger partial charge in [0.1, 0.15) is 5.60 Å². The maximum absolute atomic E-state index is 12.5. The molecule has 43 heavy (non-hydrogen) atoms. The number of rotatable bonds is 9. The zero-order chi connectivity index (χ0) is 32.6. The van der Waals surface area contributed by atoms with Gasteiger partial charge < -0.3 is 29.9 Å². The summed E-state index contributed by atoms with van der Waals surface area (Å²) in [5.41, 5.74) is 7.34. The molecule has 0 fully saturated rings. The third kappa shape index (κ3) is 13.7. The van der Waals surface area contributed by atoms with Crippen LogP contribution >= 0.6 is 0 Å². The van der Waals surface area contributed by atoms with E-state index in [4.69, 9.17) is 24.5 Å². The molecule has 242 valence electrons. The van der Waals surface area contributed by atoms with Crippen molar-refractivity contribution in [3.63, 3.8) is 0 Å². The first-order valence-corrected chi connectivity index (χ1v) is 14.9. The van der Waals surface area contributed by atoms with Crippen molar-refractivity contribution in [2.24, 2.45) is 0 Å². The molecule has 2 heterocycles. The minimum absolute atomic E-state index is 0.384. The monoisotopic (exact) mass is 605 g/mol. The first kappa shape index (κ1) is 37.0. The lowest BCUT2D eigenvalue weighted by Gasteiger charge is -2.26. The van der Waals surface area contributed by atoms with Crippen LogP contribution in [0.15, 0.2) is 0 Å². The van der Waals surface area contributed by atoms with Gasteiger partial charge in [0.25, 0.3) is 0 Å². The fourth-order valence-corrected chi connectivity index (χ4v) is 4.97. The molecule has 0 saturated carbocycles. The molecule has 0 bridgehead atoms. The number of nitrogens with one attached hydrogen (secondary N) is 7. The van der Waals surface area contributed by atoms with E-state index in [-0.39, 0.29) is 6.09 Å². The number of hydrogen-bond acceptors (Lipinski definition) is 10. The second-order valence-corrected chi connectivity index (χ2v) is 10.9. The van der Waals surface area contributed by atoms with Gasteiger partial charge in [-0.2, -0.15) is 0 Å². The minimum Gasteiger partial charge on any atom is -0.550 e. The molecular weight excluding hydrogens is 554 g/mol. The summed E-state index contributed by atoms with van der Waals surface area (Å²) in [6.45, 7) is 19.9. The summed E-state index contributed by atoms with van der Waals surface area (Å²) < 4.78 is 5.53. The highest BCUT2D eigenvalue weighted by Crippen LogP contribution is 2.31. The van der Waals surface area contributed by atoms with Crippen LogP contribution in [0.5, 0.6) is 0 Å². The van der Waals surface area contributed by atoms with Gasteiger partial charge in [0.05, 0.1) is 39.3 Å². The van der Waals surface area contributed by atoms with E-state index >= 15 is 0 Å². The summed E-state index contributed by atoms with van der Waals surface area (Å²) in [5, 5.41) is 34.7. The summed E-state index contributed by atoms with van der Waals surface area (Å²) in [6, 6.07) is 0. The van der Waals surface area contributed by atoms with Crippen molar-refractivity contribution >= 4 is 30.0 Å². The summed E-state index contributed by atoms with van der Waals surface area (Å²) in [4.78, 5) is 37.0. The molecule has 0 saturated heterocycles. The molecule has 0 unspecified atom stereocenters. The van der Waals surface area contributed by atoms with Gasteiger partial charge in [-0.3, -0.25) is 31.3 Å².